The van der Waals surface area contributed by atoms with Gasteiger partial charge in [0.15, 0.2) is 4.77 Å². The first kappa shape index (κ1) is 15.4. The quantitative estimate of drug-likeness (QED) is 0.708. The molecule has 1 aliphatic rings. The molecule has 24 heavy (non-hydrogen) atoms. The molecule has 0 amide bonds. The Hall–Kier alpha value is -2.09. The third kappa shape index (κ3) is 2.98. The normalized spacial score (nSPS) is 14.5. The van der Waals surface area contributed by atoms with E-state index in [0.29, 0.717) is 11.3 Å². The number of hydrogen-bond acceptors (Lipinski definition) is 5. The van der Waals surface area contributed by atoms with Crippen molar-refractivity contribution >= 4 is 23.6 Å². The summed E-state index contributed by atoms with van der Waals surface area (Å²) in [5.74, 6) is 0. The van der Waals surface area contributed by atoms with Gasteiger partial charge < -0.3 is 4.98 Å². The highest BCUT2D eigenvalue weighted by atomic mass is 32.1. The number of thiazole rings is 1. The average Bonchev–Trinajstić information content (AvgIpc) is 3.04. The Bertz CT molecular complexity index is 974. The molecular weight excluding hydrogens is 340 g/mol. The second-order valence-electron chi connectivity index (χ2n) is 5.82. The van der Waals surface area contributed by atoms with Crippen molar-refractivity contribution < 1.29 is 0 Å². The topological polar surface area (TPSA) is 64.8 Å². The van der Waals surface area contributed by atoms with Crippen LogP contribution in [-0.2, 0) is 19.5 Å². The molecule has 0 atom stereocenters. The molecule has 2 aromatic heterocycles. The Morgan fingerprint density at radius 3 is 2.92 bits per heavy atom. The third-order valence-electron chi connectivity index (χ3n) is 4.24. The number of aromatic amines is 2. The summed E-state index contributed by atoms with van der Waals surface area (Å²) in [6.45, 7) is 2.32. The van der Waals surface area contributed by atoms with Crippen molar-refractivity contribution in [3.63, 3.8) is 0 Å². The highest BCUT2D eigenvalue weighted by Gasteiger charge is 2.21. The number of benzene rings is 1. The van der Waals surface area contributed by atoms with Gasteiger partial charge in [0.25, 0.3) is 5.56 Å². The maximum Gasteiger partial charge on any atom is 0.256 e. The number of hydrogen-bond donors (Lipinski definition) is 2. The largest absolute Gasteiger partial charge is 0.335 e. The van der Waals surface area contributed by atoms with Gasteiger partial charge in [0.05, 0.1) is 16.8 Å². The summed E-state index contributed by atoms with van der Waals surface area (Å²) in [4.78, 5) is 26.0. The van der Waals surface area contributed by atoms with Gasteiger partial charge in [-0.3, -0.25) is 14.7 Å². The Labute approximate surface area is 148 Å². The van der Waals surface area contributed by atoms with E-state index in [0.717, 1.165) is 42.0 Å². The molecule has 7 heteroatoms. The van der Waals surface area contributed by atoms with E-state index >= 15 is 0 Å². The number of aromatic nitrogens is 3. The SMILES string of the molecule is O=c1[nH]c(=S)[nH]c2c1CN(Cc1scnc1-c1ccccc1)CC2. The van der Waals surface area contributed by atoms with E-state index in [1.807, 2.05) is 23.7 Å². The molecule has 0 saturated heterocycles. The fraction of sp³-hybridized carbons (Fsp3) is 0.235. The van der Waals surface area contributed by atoms with Crippen molar-refractivity contribution in [1.82, 2.24) is 19.9 Å². The molecule has 5 nitrogen and oxygen atoms in total. The fourth-order valence-corrected chi connectivity index (χ4v) is 4.11. The van der Waals surface area contributed by atoms with Gasteiger partial charge in [-0.25, -0.2) is 4.98 Å². The van der Waals surface area contributed by atoms with Crippen molar-refractivity contribution in [1.29, 1.82) is 0 Å². The Kier molecular flexibility index (Phi) is 4.13. The van der Waals surface area contributed by atoms with E-state index < -0.39 is 0 Å². The van der Waals surface area contributed by atoms with Crippen LogP contribution in [0.3, 0.4) is 0 Å². The first-order valence-electron chi connectivity index (χ1n) is 7.75. The van der Waals surface area contributed by atoms with Crippen LogP contribution < -0.4 is 5.56 Å². The van der Waals surface area contributed by atoms with E-state index in [1.54, 1.807) is 11.3 Å². The zero-order valence-corrected chi connectivity index (χ0v) is 14.5. The smallest absolute Gasteiger partial charge is 0.256 e. The lowest BCUT2D eigenvalue weighted by Gasteiger charge is -2.27. The first-order valence-corrected chi connectivity index (χ1v) is 9.04. The summed E-state index contributed by atoms with van der Waals surface area (Å²) in [5.41, 5.74) is 5.74. The van der Waals surface area contributed by atoms with Crippen LogP contribution in [0.5, 0.6) is 0 Å². The predicted molar refractivity (Wildman–Crippen MR) is 97.6 cm³/mol. The van der Waals surface area contributed by atoms with Gasteiger partial charge in [-0.1, -0.05) is 30.3 Å². The van der Waals surface area contributed by atoms with Gasteiger partial charge in [0.1, 0.15) is 0 Å². The van der Waals surface area contributed by atoms with Gasteiger partial charge in [0.2, 0.25) is 0 Å². The molecule has 2 N–H and O–H groups in total. The summed E-state index contributed by atoms with van der Waals surface area (Å²) in [6.07, 6.45) is 0.808. The molecule has 4 rings (SSSR count). The predicted octanol–water partition coefficient (Wildman–Crippen LogP) is 3.11. The Balaban J connectivity index is 1.59. The molecule has 3 aromatic rings. The highest BCUT2D eigenvalue weighted by molar-refractivity contribution is 7.71. The van der Waals surface area contributed by atoms with E-state index in [4.69, 9.17) is 12.2 Å². The lowest BCUT2D eigenvalue weighted by Crippen LogP contribution is -2.35. The maximum absolute atomic E-state index is 12.1. The number of nitrogens with zero attached hydrogens (tertiary/aromatic N) is 2. The van der Waals surface area contributed by atoms with Crippen LogP contribution in [0.25, 0.3) is 11.3 Å². The number of H-pyrrole nitrogens is 2. The fourth-order valence-electron chi connectivity index (χ4n) is 3.06. The summed E-state index contributed by atoms with van der Waals surface area (Å²) in [6, 6.07) is 10.2. The average molecular weight is 356 g/mol. The molecule has 122 valence electrons. The van der Waals surface area contributed by atoms with Crippen LogP contribution in [0.4, 0.5) is 0 Å². The minimum Gasteiger partial charge on any atom is -0.335 e. The monoisotopic (exact) mass is 356 g/mol. The maximum atomic E-state index is 12.1. The van der Waals surface area contributed by atoms with Gasteiger partial charge in [0, 0.05) is 42.2 Å². The van der Waals surface area contributed by atoms with E-state index in [-0.39, 0.29) is 5.56 Å². The zero-order valence-electron chi connectivity index (χ0n) is 12.9. The second kappa shape index (κ2) is 6.43. The number of nitrogens with one attached hydrogen (secondary N) is 2. The molecule has 0 fully saturated rings. The lowest BCUT2D eigenvalue weighted by molar-refractivity contribution is 0.244. The van der Waals surface area contributed by atoms with Gasteiger partial charge in [-0.2, -0.15) is 0 Å². The molecule has 1 aromatic carbocycles. The second-order valence-corrected chi connectivity index (χ2v) is 7.16. The van der Waals surface area contributed by atoms with Crippen molar-refractivity contribution in [3.8, 4) is 11.3 Å². The van der Waals surface area contributed by atoms with Crippen LogP contribution in [0.1, 0.15) is 16.1 Å². The van der Waals surface area contributed by atoms with Crippen LogP contribution in [0.15, 0.2) is 40.6 Å². The van der Waals surface area contributed by atoms with E-state index in [9.17, 15) is 4.79 Å². The lowest BCUT2D eigenvalue weighted by atomic mass is 10.1. The Morgan fingerprint density at radius 2 is 2.08 bits per heavy atom. The summed E-state index contributed by atoms with van der Waals surface area (Å²) < 4.78 is 0.404. The van der Waals surface area contributed by atoms with Crippen molar-refractivity contribution in [2.75, 3.05) is 6.54 Å². The summed E-state index contributed by atoms with van der Waals surface area (Å²) >= 11 is 6.71. The summed E-state index contributed by atoms with van der Waals surface area (Å²) in [7, 11) is 0. The zero-order chi connectivity index (χ0) is 16.5. The molecule has 0 bridgehead atoms. The first-order chi connectivity index (χ1) is 11.7. The van der Waals surface area contributed by atoms with Crippen molar-refractivity contribution in [3.05, 3.63) is 67.1 Å². The highest BCUT2D eigenvalue weighted by Crippen LogP contribution is 2.27. The third-order valence-corrected chi connectivity index (χ3v) is 5.27. The van der Waals surface area contributed by atoms with Crippen molar-refractivity contribution in [2.24, 2.45) is 0 Å². The molecule has 0 spiro atoms. The standard InChI is InChI=1S/C17H16N4OS2/c22-16-12-8-21(7-6-13(12)19-17(23)20-16)9-14-15(18-10-24-14)11-4-2-1-3-5-11/h1-5,10H,6-9H2,(H2,19,20,22,23). The van der Waals surface area contributed by atoms with Crippen LogP contribution in [0.2, 0.25) is 0 Å². The summed E-state index contributed by atoms with van der Waals surface area (Å²) in [5, 5.41) is 0. The molecule has 0 unspecified atom stereocenters. The minimum absolute atomic E-state index is 0.0777. The van der Waals surface area contributed by atoms with E-state index in [1.165, 1.54) is 4.88 Å². The molecule has 0 aliphatic carbocycles. The molecule has 1 aliphatic heterocycles. The molecular formula is C17H16N4OS2. The number of fused-ring (bicyclic) bond motifs is 1. The van der Waals surface area contributed by atoms with Crippen LogP contribution in [0, 0.1) is 4.77 Å². The molecule has 0 radical (unpaired) electrons. The Morgan fingerprint density at radius 1 is 1.25 bits per heavy atom. The van der Waals surface area contributed by atoms with Gasteiger partial charge >= 0.3 is 0 Å². The molecule has 0 saturated carbocycles. The number of rotatable bonds is 3. The van der Waals surface area contributed by atoms with Crippen LogP contribution in [-0.4, -0.2) is 26.4 Å². The van der Waals surface area contributed by atoms with Gasteiger partial charge in [-0.15, -0.1) is 11.3 Å². The molecule has 3 heterocycles. The van der Waals surface area contributed by atoms with E-state index in [2.05, 4.69) is 32.0 Å². The van der Waals surface area contributed by atoms with Crippen LogP contribution >= 0.6 is 23.6 Å². The minimum atomic E-state index is -0.0777. The van der Waals surface area contributed by atoms with Gasteiger partial charge in [-0.05, 0) is 12.2 Å². The van der Waals surface area contributed by atoms with Crippen molar-refractivity contribution in [2.45, 2.75) is 19.5 Å².